The molecule has 0 aromatic rings. The number of aliphatic carboxylic acids is 2. The molecule has 0 aliphatic heterocycles. The monoisotopic (exact) mass is 288 g/mol. The Hall–Kier alpha value is -1.59. The average molecular weight is 288 g/mol. The lowest BCUT2D eigenvalue weighted by molar-refractivity contribution is -0.160. The van der Waals surface area contributed by atoms with Gasteiger partial charge in [0, 0.05) is 0 Å². The van der Waals surface area contributed by atoms with Crippen LogP contribution in [-0.4, -0.2) is 34.7 Å². The number of carbonyl (C=O) groups excluding carboxylic acids is 1. The third-order valence-electron chi connectivity index (χ3n) is 3.18. The van der Waals surface area contributed by atoms with Crippen molar-refractivity contribution >= 4 is 17.9 Å². The maximum Gasteiger partial charge on any atom is 0.310 e. The number of hydrogen-bond acceptors (Lipinski definition) is 4. The Kier molecular flexibility index (Phi) is 9.41. The van der Waals surface area contributed by atoms with Crippen LogP contribution in [0.2, 0.25) is 0 Å². The summed E-state index contributed by atoms with van der Waals surface area (Å²) in [4.78, 5) is 33.3. The Morgan fingerprint density at radius 3 is 2.15 bits per heavy atom. The number of carboxylic acid groups (broad SMARTS) is 2. The Morgan fingerprint density at radius 1 is 1.05 bits per heavy atom. The topological polar surface area (TPSA) is 101 Å². The second-order valence-corrected chi connectivity index (χ2v) is 4.91. The molecular weight excluding hydrogens is 264 g/mol. The summed E-state index contributed by atoms with van der Waals surface area (Å²) in [5.41, 5.74) is 0. The van der Waals surface area contributed by atoms with E-state index < -0.39 is 36.2 Å². The van der Waals surface area contributed by atoms with Crippen LogP contribution in [0.5, 0.6) is 0 Å². The first kappa shape index (κ1) is 18.4. The van der Waals surface area contributed by atoms with E-state index in [9.17, 15) is 14.4 Å². The van der Waals surface area contributed by atoms with Gasteiger partial charge in [-0.1, -0.05) is 39.5 Å². The van der Waals surface area contributed by atoms with Crippen LogP contribution in [0.4, 0.5) is 0 Å². The van der Waals surface area contributed by atoms with Crippen LogP contribution < -0.4 is 0 Å². The van der Waals surface area contributed by atoms with E-state index in [-0.39, 0.29) is 6.61 Å². The molecule has 20 heavy (non-hydrogen) atoms. The van der Waals surface area contributed by atoms with Crippen molar-refractivity contribution in [3.63, 3.8) is 0 Å². The largest absolute Gasteiger partial charge is 0.481 e. The van der Waals surface area contributed by atoms with Gasteiger partial charge in [-0.3, -0.25) is 14.4 Å². The van der Waals surface area contributed by atoms with Gasteiger partial charge >= 0.3 is 17.9 Å². The normalized spacial score (nSPS) is 13.5. The van der Waals surface area contributed by atoms with E-state index in [1.807, 2.05) is 0 Å². The summed E-state index contributed by atoms with van der Waals surface area (Å²) in [6, 6.07) is 0. The predicted octanol–water partition coefficient (Wildman–Crippen LogP) is 2.31. The van der Waals surface area contributed by atoms with Crippen LogP contribution in [0.15, 0.2) is 0 Å². The zero-order valence-corrected chi connectivity index (χ0v) is 12.1. The lowest BCUT2D eigenvalue weighted by atomic mass is 9.91. The van der Waals surface area contributed by atoms with Crippen molar-refractivity contribution in [3.05, 3.63) is 0 Å². The minimum Gasteiger partial charge on any atom is -0.481 e. The quantitative estimate of drug-likeness (QED) is 0.447. The molecule has 0 spiro atoms. The molecule has 6 heteroatoms. The first-order chi connectivity index (χ1) is 9.40. The van der Waals surface area contributed by atoms with Gasteiger partial charge in [-0.25, -0.2) is 0 Å². The van der Waals surface area contributed by atoms with Crippen molar-refractivity contribution in [3.8, 4) is 0 Å². The number of rotatable bonds is 11. The molecule has 0 fully saturated rings. The molecule has 0 bridgehead atoms. The zero-order chi connectivity index (χ0) is 15.5. The highest BCUT2D eigenvalue weighted by Gasteiger charge is 2.33. The Bertz CT molecular complexity index is 326. The number of unbranched alkanes of at least 4 members (excludes halogenated alkanes) is 4. The van der Waals surface area contributed by atoms with Crippen molar-refractivity contribution in [1.29, 1.82) is 0 Å². The summed E-state index contributed by atoms with van der Waals surface area (Å²) < 4.78 is 4.99. The van der Waals surface area contributed by atoms with Crippen LogP contribution in [0, 0.1) is 11.8 Å². The molecular formula is C14H24O6. The van der Waals surface area contributed by atoms with Crippen LogP contribution >= 0.6 is 0 Å². The molecule has 0 saturated heterocycles. The van der Waals surface area contributed by atoms with E-state index in [0.717, 1.165) is 25.7 Å². The summed E-state index contributed by atoms with van der Waals surface area (Å²) in [5, 5.41) is 17.6. The number of carboxylic acids is 2. The lowest BCUT2D eigenvalue weighted by Crippen LogP contribution is -2.31. The average Bonchev–Trinajstić information content (AvgIpc) is 2.38. The first-order valence-electron chi connectivity index (χ1n) is 7.01. The van der Waals surface area contributed by atoms with Gasteiger partial charge in [-0.15, -0.1) is 0 Å². The fourth-order valence-corrected chi connectivity index (χ4v) is 1.81. The fraction of sp³-hybridized carbons (Fsp3) is 0.786. The molecule has 0 heterocycles. The molecule has 116 valence electrons. The summed E-state index contributed by atoms with van der Waals surface area (Å²) >= 11 is 0. The summed E-state index contributed by atoms with van der Waals surface area (Å²) in [6.45, 7) is 3.63. The molecule has 0 aliphatic carbocycles. The van der Waals surface area contributed by atoms with Gasteiger partial charge in [-0.05, 0) is 6.42 Å². The van der Waals surface area contributed by atoms with E-state index in [2.05, 4.69) is 6.92 Å². The Labute approximate surface area is 119 Å². The minimum atomic E-state index is -1.21. The van der Waals surface area contributed by atoms with Gasteiger partial charge in [0.25, 0.3) is 0 Å². The van der Waals surface area contributed by atoms with Crippen molar-refractivity contribution in [2.45, 2.75) is 52.4 Å². The van der Waals surface area contributed by atoms with Crippen molar-refractivity contribution < 1.29 is 29.3 Å². The highest BCUT2D eigenvalue weighted by molar-refractivity contribution is 5.84. The lowest BCUT2D eigenvalue weighted by Gasteiger charge is -2.17. The molecule has 2 unspecified atom stereocenters. The maximum absolute atomic E-state index is 11.8. The van der Waals surface area contributed by atoms with E-state index in [0.29, 0.717) is 6.42 Å². The second kappa shape index (κ2) is 10.2. The molecule has 2 N–H and O–H groups in total. The van der Waals surface area contributed by atoms with E-state index >= 15 is 0 Å². The molecule has 0 aliphatic rings. The standard InChI is InChI=1S/C14H24O6/c1-3-4-5-6-7-8-20-14(19)11(9-12(15)16)10(2)13(17)18/h10-11H,3-9H2,1-2H3,(H,15,16)(H,17,18). The first-order valence-corrected chi connectivity index (χ1v) is 7.01. The fourth-order valence-electron chi connectivity index (χ4n) is 1.81. The SMILES string of the molecule is CCCCCCCOC(=O)C(CC(=O)O)C(C)C(=O)O. The number of esters is 1. The number of carbonyl (C=O) groups is 3. The molecule has 0 rings (SSSR count). The van der Waals surface area contributed by atoms with Crippen molar-refractivity contribution in [2.75, 3.05) is 6.61 Å². The van der Waals surface area contributed by atoms with Crippen molar-refractivity contribution in [2.24, 2.45) is 11.8 Å². The van der Waals surface area contributed by atoms with Gasteiger partial charge in [-0.2, -0.15) is 0 Å². The minimum absolute atomic E-state index is 0.213. The van der Waals surface area contributed by atoms with Gasteiger partial charge in [0.1, 0.15) is 0 Å². The predicted molar refractivity (Wildman–Crippen MR) is 72.3 cm³/mol. The Morgan fingerprint density at radius 2 is 1.65 bits per heavy atom. The summed E-state index contributed by atoms with van der Waals surface area (Å²) in [6.07, 6.45) is 4.45. The zero-order valence-electron chi connectivity index (χ0n) is 12.1. The van der Waals surface area contributed by atoms with Gasteiger partial charge in [0.05, 0.1) is 24.9 Å². The number of hydrogen-bond donors (Lipinski definition) is 2. The molecule has 6 nitrogen and oxygen atoms in total. The van der Waals surface area contributed by atoms with Crippen molar-refractivity contribution in [1.82, 2.24) is 0 Å². The van der Waals surface area contributed by atoms with Crippen LogP contribution in [0.3, 0.4) is 0 Å². The molecule has 0 amide bonds. The smallest absolute Gasteiger partial charge is 0.310 e. The summed E-state index contributed by atoms with van der Waals surface area (Å²) in [5.74, 6) is -5.35. The van der Waals surface area contributed by atoms with Crippen LogP contribution in [0.1, 0.15) is 52.4 Å². The van der Waals surface area contributed by atoms with E-state index in [1.165, 1.54) is 6.92 Å². The molecule has 0 saturated carbocycles. The molecule has 2 atom stereocenters. The van der Waals surface area contributed by atoms with Crippen LogP contribution in [0.25, 0.3) is 0 Å². The molecule has 0 aromatic carbocycles. The molecule has 0 aromatic heterocycles. The Balaban J connectivity index is 4.21. The highest BCUT2D eigenvalue weighted by atomic mass is 16.5. The second-order valence-electron chi connectivity index (χ2n) is 4.91. The van der Waals surface area contributed by atoms with Gasteiger partial charge < -0.3 is 14.9 Å². The van der Waals surface area contributed by atoms with Gasteiger partial charge in [0.15, 0.2) is 0 Å². The molecule has 0 radical (unpaired) electrons. The third kappa shape index (κ3) is 7.76. The highest BCUT2D eigenvalue weighted by Crippen LogP contribution is 2.18. The third-order valence-corrected chi connectivity index (χ3v) is 3.18. The number of ether oxygens (including phenoxy) is 1. The van der Waals surface area contributed by atoms with Gasteiger partial charge in [0.2, 0.25) is 0 Å². The van der Waals surface area contributed by atoms with E-state index in [1.54, 1.807) is 0 Å². The van der Waals surface area contributed by atoms with E-state index in [4.69, 9.17) is 14.9 Å². The summed E-state index contributed by atoms with van der Waals surface area (Å²) in [7, 11) is 0. The maximum atomic E-state index is 11.8. The van der Waals surface area contributed by atoms with Crippen LogP contribution in [-0.2, 0) is 19.1 Å².